The number of aryl methyl sites for hydroxylation is 1. The van der Waals surface area contributed by atoms with Crippen molar-refractivity contribution in [2.45, 2.75) is 52.6 Å². The minimum absolute atomic E-state index is 0.0723. The number of pyridine rings is 1. The molecule has 3 rings (SSSR count). The molecule has 0 bridgehead atoms. The second-order valence-electron chi connectivity index (χ2n) is 7.08. The lowest BCUT2D eigenvalue weighted by atomic mass is 9.81. The molecule has 0 spiro atoms. The predicted octanol–water partition coefficient (Wildman–Crippen LogP) is 3.28. The first-order valence-electron chi connectivity index (χ1n) is 7.79. The molecule has 1 aliphatic rings. The molecule has 2 atom stereocenters. The van der Waals surface area contributed by atoms with Gasteiger partial charge in [-0.25, -0.2) is 0 Å². The van der Waals surface area contributed by atoms with Gasteiger partial charge in [0.05, 0.1) is 18.4 Å². The van der Waals surface area contributed by atoms with Gasteiger partial charge in [-0.1, -0.05) is 32.0 Å². The summed E-state index contributed by atoms with van der Waals surface area (Å²) < 4.78 is 11.3. The van der Waals surface area contributed by atoms with Crippen LogP contribution in [0.5, 0.6) is 0 Å². The zero-order chi connectivity index (χ0) is 15.7. The van der Waals surface area contributed by atoms with Gasteiger partial charge in [0.25, 0.3) is 0 Å². The minimum atomic E-state index is 0.0723. The Morgan fingerprint density at radius 2 is 2.09 bits per heavy atom. The summed E-state index contributed by atoms with van der Waals surface area (Å²) in [5.74, 6) is 1.63. The smallest absolute Gasteiger partial charge is 0.231 e. The van der Waals surface area contributed by atoms with Crippen LogP contribution in [0.1, 0.15) is 56.1 Å². The number of aromatic nitrogens is 3. The number of rotatable bonds is 3. The lowest BCUT2D eigenvalue weighted by molar-refractivity contribution is 0.0193. The van der Waals surface area contributed by atoms with Crippen molar-refractivity contribution in [3.8, 4) is 0 Å². The van der Waals surface area contributed by atoms with E-state index < -0.39 is 0 Å². The van der Waals surface area contributed by atoms with Crippen molar-refractivity contribution in [1.29, 1.82) is 0 Å². The highest BCUT2D eigenvalue weighted by molar-refractivity contribution is 5.17. The van der Waals surface area contributed by atoms with Crippen LogP contribution in [-0.4, -0.2) is 27.8 Å². The second-order valence-corrected chi connectivity index (χ2v) is 7.08. The van der Waals surface area contributed by atoms with Gasteiger partial charge < -0.3 is 9.26 Å². The maximum atomic E-state index is 5.89. The lowest BCUT2D eigenvalue weighted by Crippen LogP contribution is -2.30. The first-order valence-corrected chi connectivity index (χ1v) is 7.79. The summed E-state index contributed by atoms with van der Waals surface area (Å²) in [6, 6.07) is 4.04. The summed E-state index contributed by atoms with van der Waals surface area (Å²) in [4.78, 5) is 8.88. The lowest BCUT2D eigenvalue weighted by Gasteiger charge is -2.29. The fourth-order valence-electron chi connectivity index (χ4n) is 2.98. The molecule has 0 radical (unpaired) electrons. The van der Waals surface area contributed by atoms with Gasteiger partial charge in [0, 0.05) is 18.5 Å². The highest BCUT2D eigenvalue weighted by Gasteiger charge is 2.40. The third-order valence-corrected chi connectivity index (χ3v) is 4.09. The van der Waals surface area contributed by atoms with E-state index in [1.165, 1.54) is 0 Å². The number of hydrogen-bond acceptors (Lipinski definition) is 5. The van der Waals surface area contributed by atoms with Gasteiger partial charge in [0.15, 0.2) is 5.82 Å². The van der Waals surface area contributed by atoms with Crippen molar-refractivity contribution >= 4 is 0 Å². The summed E-state index contributed by atoms with van der Waals surface area (Å²) in [6.07, 6.45) is 3.57. The van der Waals surface area contributed by atoms with Crippen molar-refractivity contribution in [2.75, 3.05) is 6.61 Å². The quantitative estimate of drug-likeness (QED) is 0.870. The molecule has 0 N–H and O–H groups in total. The Balaban J connectivity index is 1.74. The van der Waals surface area contributed by atoms with Crippen molar-refractivity contribution in [1.82, 2.24) is 15.1 Å². The Morgan fingerprint density at radius 3 is 2.77 bits per heavy atom. The monoisotopic (exact) mass is 301 g/mol. The summed E-state index contributed by atoms with van der Waals surface area (Å²) in [7, 11) is 0. The SMILES string of the molecule is Cc1ccc(Cc2nc([C@H]3CCO[C@@H]3C(C)(C)C)no2)cn1. The molecule has 0 unspecified atom stereocenters. The molecule has 118 valence electrons. The summed E-state index contributed by atoms with van der Waals surface area (Å²) in [5, 5.41) is 4.19. The predicted molar refractivity (Wildman–Crippen MR) is 82.6 cm³/mol. The normalized spacial score (nSPS) is 22.2. The van der Waals surface area contributed by atoms with Gasteiger partial charge in [-0.3, -0.25) is 4.98 Å². The molecule has 0 aromatic carbocycles. The average molecular weight is 301 g/mol. The molecule has 0 amide bonds. The molecule has 5 nitrogen and oxygen atoms in total. The molecule has 0 saturated carbocycles. The number of hydrogen-bond donors (Lipinski definition) is 0. The molecule has 1 aliphatic heterocycles. The van der Waals surface area contributed by atoms with Gasteiger partial charge >= 0.3 is 0 Å². The number of ether oxygens (including phenoxy) is 1. The molecule has 1 fully saturated rings. The van der Waals surface area contributed by atoms with Crippen LogP contribution in [0.25, 0.3) is 0 Å². The van der Waals surface area contributed by atoms with E-state index >= 15 is 0 Å². The van der Waals surface area contributed by atoms with Crippen LogP contribution in [0, 0.1) is 12.3 Å². The molecule has 22 heavy (non-hydrogen) atoms. The third kappa shape index (κ3) is 3.19. The Bertz CT molecular complexity index is 628. The van der Waals surface area contributed by atoms with E-state index in [-0.39, 0.29) is 17.4 Å². The number of nitrogens with zero attached hydrogens (tertiary/aromatic N) is 3. The fraction of sp³-hybridized carbons (Fsp3) is 0.588. The Labute approximate surface area is 131 Å². The van der Waals surface area contributed by atoms with E-state index in [0.29, 0.717) is 12.3 Å². The van der Waals surface area contributed by atoms with Crippen LogP contribution < -0.4 is 0 Å². The third-order valence-electron chi connectivity index (χ3n) is 4.09. The minimum Gasteiger partial charge on any atom is -0.377 e. The maximum Gasteiger partial charge on any atom is 0.231 e. The molecular formula is C17H23N3O2. The van der Waals surface area contributed by atoms with Gasteiger partial charge in [-0.2, -0.15) is 4.98 Å². The molecular weight excluding hydrogens is 278 g/mol. The van der Waals surface area contributed by atoms with E-state index in [2.05, 4.69) is 35.9 Å². The summed E-state index contributed by atoms with van der Waals surface area (Å²) in [6.45, 7) is 9.30. The Morgan fingerprint density at radius 1 is 1.27 bits per heavy atom. The molecule has 2 aromatic heterocycles. The zero-order valence-corrected chi connectivity index (χ0v) is 13.7. The van der Waals surface area contributed by atoms with E-state index in [1.54, 1.807) is 0 Å². The van der Waals surface area contributed by atoms with Gasteiger partial charge in [-0.05, 0) is 30.4 Å². The highest BCUT2D eigenvalue weighted by atomic mass is 16.5. The molecule has 1 saturated heterocycles. The maximum absolute atomic E-state index is 5.89. The Kier molecular flexibility index (Phi) is 4.00. The zero-order valence-electron chi connectivity index (χ0n) is 13.7. The molecule has 0 aliphatic carbocycles. The molecule has 3 heterocycles. The van der Waals surface area contributed by atoms with Crippen LogP contribution in [-0.2, 0) is 11.2 Å². The average Bonchev–Trinajstić information content (AvgIpc) is 3.09. The van der Waals surface area contributed by atoms with Crippen LogP contribution in [0.3, 0.4) is 0 Å². The standard InChI is InChI=1S/C17H23N3O2/c1-11-5-6-12(10-18-11)9-14-19-16(20-22-14)13-7-8-21-15(13)17(2,3)4/h5-6,10,13,15H,7-9H2,1-4H3/t13-,15-/m0/s1. The van der Waals surface area contributed by atoms with E-state index in [9.17, 15) is 0 Å². The van der Waals surface area contributed by atoms with Gasteiger partial charge in [0.1, 0.15) is 0 Å². The molecule has 5 heteroatoms. The van der Waals surface area contributed by atoms with Crippen LogP contribution in [0.15, 0.2) is 22.9 Å². The van der Waals surface area contributed by atoms with E-state index in [0.717, 1.165) is 30.1 Å². The van der Waals surface area contributed by atoms with Crippen molar-refractivity contribution in [3.05, 3.63) is 41.3 Å². The van der Waals surface area contributed by atoms with Gasteiger partial charge in [-0.15, -0.1) is 0 Å². The van der Waals surface area contributed by atoms with Crippen LogP contribution >= 0.6 is 0 Å². The highest BCUT2D eigenvalue weighted by Crippen LogP contribution is 2.39. The van der Waals surface area contributed by atoms with E-state index in [4.69, 9.17) is 9.26 Å². The summed E-state index contributed by atoms with van der Waals surface area (Å²) in [5.41, 5.74) is 2.16. The van der Waals surface area contributed by atoms with Crippen LogP contribution in [0.4, 0.5) is 0 Å². The second kappa shape index (κ2) is 5.80. The van der Waals surface area contributed by atoms with Gasteiger partial charge in [0.2, 0.25) is 5.89 Å². The Hall–Kier alpha value is -1.75. The summed E-state index contributed by atoms with van der Waals surface area (Å²) >= 11 is 0. The first-order chi connectivity index (χ1) is 10.4. The largest absolute Gasteiger partial charge is 0.377 e. The molecule has 2 aromatic rings. The fourth-order valence-corrected chi connectivity index (χ4v) is 2.98. The van der Waals surface area contributed by atoms with E-state index in [1.807, 2.05) is 25.3 Å². The van der Waals surface area contributed by atoms with Crippen molar-refractivity contribution in [2.24, 2.45) is 5.41 Å². The first kappa shape index (κ1) is 15.2. The van der Waals surface area contributed by atoms with Crippen molar-refractivity contribution in [3.63, 3.8) is 0 Å². The van der Waals surface area contributed by atoms with Crippen LogP contribution in [0.2, 0.25) is 0 Å². The van der Waals surface area contributed by atoms with Crippen molar-refractivity contribution < 1.29 is 9.26 Å². The topological polar surface area (TPSA) is 61.0 Å².